The SMILES string of the molecule is CCC(C)(Cn1nnnc1-c1ccccc1F)C(=O)O. The van der Waals surface area contributed by atoms with Crippen LogP contribution in [0.1, 0.15) is 20.3 Å². The number of benzene rings is 1. The fourth-order valence-corrected chi connectivity index (χ4v) is 1.81. The van der Waals surface area contributed by atoms with Gasteiger partial charge in [0.1, 0.15) is 5.82 Å². The maximum atomic E-state index is 13.8. The molecule has 6 nitrogen and oxygen atoms in total. The topological polar surface area (TPSA) is 80.9 Å². The minimum atomic E-state index is -1.00. The molecule has 1 unspecified atom stereocenters. The highest BCUT2D eigenvalue weighted by molar-refractivity contribution is 5.74. The molecule has 1 atom stereocenters. The van der Waals surface area contributed by atoms with Crippen LogP contribution >= 0.6 is 0 Å². The van der Waals surface area contributed by atoms with Crippen LogP contribution in [0.5, 0.6) is 0 Å². The number of rotatable bonds is 5. The van der Waals surface area contributed by atoms with E-state index in [9.17, 15) is 14.3 Å². The van der Waals surface area contributed by atoms with Crippen LogP contribution in [0.4, 0.5) is 4.39 Å². The summed E-state index contributed by atoms with van der Waals surface area (Å²) in [5, 5.41) is 20.4. The van der Waals surface area contributed by atoms with Crippen molar-refractivity contribution in [2.75, 3.05) is 0 Å². The van der Waals surface area contributed by atoms with Crippen LogP contribution < -0.4 is 0 Å². The standard InChI is InChI=1S/C13H15FN4O2/c1-3-13(2,12(19)20)8-18-11(15-16-17-18)9-6-4-5-7-10(9)14/h4-7H,3,8H2,1-2H3,(H,19,20). The molecular formula is C13H15FN4O2. The van der Waals surface area contributed by atoms with Crippen LogP contribution in [-0.4, -0.2) is 31.3 Å². The Balaban J connectivity index is 2.40. The van der Waals surface area contributed by atoms with Crippen molar-refractivity contribution in [3.05, 3.63) is 30.1 Å². The van der Waals surface area contributed by atoms with E-state index in [4.69, 9.17) is 0 Å². The van der Waals surface area contributed by atoms with Crippen LogP contribution in [0.2, 0.25) is 0 Å². The lowest BCUT2D eigenvalue weighted by Crippen LogP contribution is -2.32. The Hall–Kier alpha value is -2.31. The summed E-state index contributed by atoms with van der Waals surface area (Å²) in [7, 11) is 0. The van der Waals surface area contributed by atoms with E-state index in [0.717, 1.165) is 0 Å². The van der Waals surface area contributed by atoms with Gasteiger partial charge in [-0.1, -0.05) is 19.1 Å². The van der Waals surface area contributed by atoms with Gasteiger partial charge in [0.25, 0.3) is 0 Å². The van der Waals surface area contributed by atoms with Crippen molar-refractivity contribution in [2.24, 2.45) is 5.41 Å². The minimum Gasteiger partial charge on any atom is -0.481 e. The summed E-state index contributed by atoms with van der Waals surface area (Å²) in [6, 6.07) is 6.11. The molecule has 0 saturated carbocycles. The zero-order valence-corrected chi connectivity index (χ0v) is 11.2. The van der Waals surface area contributed by atoms with Crippen molar-refractivity contribution in [1.82, 2.24) is 20.2 Å². The Bertz CT molecular complexity index is 628. The molecule has 0 bridgehead atoms. The minimum absolute atomic E-state index is 0.0789. The van der Waals surface area contributed by atoms with Gasteiger partial charge in [0.05, 0.1) is 17.5 Å². The van der Waals surface area contributed by atoms with Gasteiger partial charge in [-0.2, -0.15) is 0 Å². The summed E-state index contributed by atoms with van der Waals surface area (Å²) < 4.78 is 15.1. The van der Waals surface area contributed by atoms with Crippen molar-refractivity contribution in [3.8, 4) is 11.4 Å². The number of tetrazole rings is 1. The zero-order valence-electron chi connectivity index (χ0n) is 11.2. The summed E-state index contributed by atoms with van der Waals surface area (Å²) >= 11 is 0. The van der Waals surface area contributed by atoms with Crippen LogP contribution in [0, 0.1) is 11.2 Å². The summed E-state index contributed by atoms with van der Waals surface area (Å²) in [4.78, 5) is 11.3. The predicted octanol–water partition coefficient (Wildman–Crippen LogP) is 1.98. The molecule has 0 aliphatic heterocycles. The van der Waals surface area contributed by atoms with Crippen LogP contribution in [0.15, 0.2) is 24.3 Å². The van der Waals surface area contributed by atoms with Gasteiger partial charge in [0.15, 0.2) is 5.82 Å². The lowest BCUT2D eigenvalue weighted by molar-refractivity contribution is -0.149. The molecule has 0 aliphatic rings. The highest BCUT2D eigenvalue weighted by Crippen LogP contribution is 2.26. The maximum absolute atomic E-state index is 13.8. The van der Waals surface area contributed by atoms with Gasteiger partial charge >= 0.3 is 5.97 Å². The third-order valence-corrected chi connectivity index (χ3v) is 3.44. The van der Waals surface area contributed by atoms with Crippen LogP contribution in [-0.2, 0) is 11.3 Å². The molecule has 0 spiro atoms. The average Bonchev–Trinajstić information content (AvgIpc) is 2.86. The van der Waals surface area contributed by atoms with E-state index < -0.39 is 17.2 Å². The summed E-state index contributed by atoms with van der Waals surface area (Å²) in [5.74, 6) is -1.16. The van der Waals surface area contributed by atoms with E-state index in [1.807, 2.05) is 0 Å². The number of carboxylic acid groups (broad SMARTS) is 1. The highest BCUT2D eigenvalue weighted by atomic mass is 19.1. The molecule has 7 heteroatoms. The molecule has 1 aromatic carbocycles. The van der Waals surface area contributed by atoms with Gasteiger partial charge in [-0.15, -0.1) is 5.10 Å². The average molecular weight is 278 g/mol. The van der Waals surface area contributed by atoms with Crippen LogP contribution in [0.3, 0.4) is 0 Å². The van der Waals surface area contributed by atoms with Crippen molar-refractivity contribution >= 4 is 5.97 Å². The van der Waals surface area contributed by atoms with Gasteiger partial charge in [-0.3, -0.25) is 4.79 Å². The molecule has 0 aliphatic carbocycles. The first-order valence-corrected chi connectivity index (χ1v) is 6.22. The molecule has 1 N–H and O–H groups in total. The van der Waals surface area contributed by atoms with Gasteiger partial charge in [0, 0.05) is 0 Å². The number of hydrogen-bond acceptors (Lipinski definition) is 4. The molecule has 2 aromatic rings. The normalized spacial score (nSPS) is 13.9. The van der Waals surface area contributed by atoms with Gasteiger partial charge in [-0.25, -0.2) is 9.07 Å². The van der Waals surface area contributed by atoms with Crippen LogP contribution in [0.25, 0.3) is 11.4 Å². The molecule has 0 amide bonds. The Labute approximate surface area is 115 Å². The monoisotopic (exact) mass is 278 g/mol. The summed E-state index contributed by atoms with van der Waals surface area (Å²) in [5.41, 5.74) is -0.753. The molecule has 0 saturated heterocycles. The van der Waals surface area contributed by atoms with Gasteiger partial charge in [-0.05, 0) is 35.9 Å². The highest BCUT2D eigenvalue weighted by Gasteiger charge is 2.33. The quantitative estimate of drug-likeness (QED) is 0.904. The smallest absolute Gasteiger partial charge is 0.311 e. The molecule has 1 heterocycles. The van der Waals surface area contributed by atoms with Crippen molar-refractivity contribution in [1.29, 1.82) is 0 Å². The second-order valence-electron chi connectivity index (χ2n) is 4.86. The summed E-state index contributed by atoms with van der Waals surface area (Å²) in [6.45, 7) is 3.47. The number of carbonyl (C=O) groups is 1. The fourth-order valence-electron chi connectivity index (χ4n) is 1.81. The number of hydrogen-bond donors (Lipinski definition) is 1. The Morgan fingerprint density at radius 2 is 2.15 bits per heavy atom. The zero-order chi connectivity index (χ0) is 14.8. The molecular weight excluding hydrogens is 263 g/mol. The second kappa shape index (κ2) is 5.36. The third-order valence-electron chi connectivity index (χ3n) is 3.44. The summed E-state index contributed by atoms with van der Waals surface area (Å²) in [6.07, 6.45) is 0.416. The fraction of sp³-hybridized carbons (Fsp3) is 0.385. The van der Waals surface area contributed by atoms with Gasteiger partial charge < -0.3 is 5.11 Å². The van der Waals surface area contributed by atoms with E-state index in [2.05, 4.69) is 15.5 Å². The van der Waals surface area contributed by atoms with Gasteiger partial charge in [0.2, 0.25) is 0 Å². The third kappa shape index (κ3) is 2.52. The first-order chi connectivity index (χ1) is 9.48. The Morgan fingerprint density at radius 1 is 1.45 bits per heavy atom. The largest absolute Gasteiger partial charge is 0.481 e. The number of nitrogens with zero attached hydrogens (tertiary/aromatic N) is 4. The van der Waals surface area contributed by atoms with Crippen molar-refractivity contribution < 1.29 is 14.3 Å². The maximum Gasteiger partial charge on any atom is 0.311 e. The van der Waals surface area contributed by atoms with E-state index in [1.165, 1.54) is 10.7 Å². The molecule has 1 aromatic heterocycles. The van der Waals surface area contributed by atoms with E-state index >= 15 is 0 Å². The molecule has 20 heavy (non-hydrogen) atoms. The lowest BCUT2D eigenvalue weighted by Gasteiger charge is -2.22. The number of halogens is 1. The number of carboxylic acids is 1. The molecule has 2 rings (SSSR count). The van der Waals surface area contributed by atoms with E-state index in [0.29, 0.717) is 6.42 Å². The molecule has 0 radical (unpaired) electrons. The number of aromatic nitrogens is 4. The first-order valence-electron chi connectivity index (χ1n) is 6.22. The van der Waals surface area contributed by atoms with Crippen molar-refractivity contribution in [2.45, 2.75) is 26.8 Å². The number of aliphatic carboxylic acids is 1. The van der Waals surface area contributed by atoms with E-state index in [1.54, 1.807) is 32.0 Å². The predicted molar refractivity (Wildman–Crippen MR) is 69.2 cm³/mol. The molecule has 106 valence electrons. The molecule has 0 fully saturated rings. The first kappa shape index (κ1) is 14.1. The second-order valence-corrected chi connectivity index (χ2v) is 4.86. The van der Waals surface area contributed by atoms with E-state index in [-0.39, 0.29) is 17.9 Å². The van der Waals surface area contributed by atoms with Crippen molar-refractivity contribution in [3.63, 3.8) is 0 Å². The lowest BCUT2D eigenvalue weighted by atomic mass is 9.88. The Kier molecular flexibility index (Phi) is 3.78. The Morgan fingerprint density at radius 3 is 2.75 bits per heavy atom.